The van der Waals surface area contributed by atoms with E-state index in [0.717, 1.165) is 12.6 Å². The zero-order valence-corrected chi connectivity index (χ0v) is 4.09. The molecule has 0 unspecified atom stereocenters. The van der Waals surface area contributed by atoms with E-state index in [1.165, 1.54) is 0 Å². The van der Waals surface area contributed by atoms with Crippen molar-refractivity contribution < 1.29 is 9.59 Å². The van der Waals surface area contributed by atoms with E-state index in [-0.39, 0.29) is 59.1 Å². The first-order valence-electron chi connectivity index (χ1n) is 2.29. The molecule has 0 rings (SSSR count). The average Bonchev–Trinajstić information content (AvgIpc) is 1.69. The molecule has 0 N–H and O–H groups in total. The normalized spacial score (nSPS) is 6.22. The van der Waals surface area contributed by atoms with Crippen molar-refractivity contribution in [2.45, 2.75) is 19.3 Å². The van der Waals surface area contributed by atoms with Crippen LogP contribution in [-0.2, 0) is 9.59 Å². The summed E-state index contributed by atoms with van der Waals surface area (Å²) in [4.78, 5) is 19.1. The van der Waals surface area contributed by atoms with Gasteiger partial charge in [-0.05, 0) is 6.42 Å². The van der Waals surface area contributed by atoms with Crippen LogP contribution in [0.5, 0.6) is 0 Å². The van der Waals surface area contributed by atoms with Gasteiger partial charge in [-0.1, -0.05) is 0 Å². The van der Waals surface area contributed by atoms with E-state index in [1.54, 1.807) is 0 Å². The molecule has 0 spiro atoms. The molecular weight excluding hydrogens is 138 g/mol. The minimum absolute atomic E-state index is 0. The van der Waals surface area contributed by atoms with Crippen molar-refractivity contribution in [1.29, 1.82) is 0 Å². The Morgan fingerprint density at radius 1 is 0.889 bits per heavy atom. The van der Waals surface area contributed by atoms with Crippen molar-refractivity contribution in [3.05, 3.63) is 0 Å². The zero-order valence-electron chi connectivity index (χ0n) is 4.09. The Labute approximate surface area is 99.3 Å². The van der Waals surface area contributed by atoms with Crippen LogP contribution in [0, 0.1) is 0 Å². The summed E-state index contributed by atoms with van der Waals surface area (Å²) in [6.45, 7) is 0. The molecule has 0 amide bonds. The van der Waals surface area contributed by atoms with Crippen molar-refractivity contribution in [1.82, 2.24) is 0 Å². The molecule has 44 valence electrons. The van der Waals surface area contributed by atoms with E-state index < -0.39 is 0 Å². The van der Waals surface area contributed by atoms with Crippen LogP contribution in [0.3, 0.4) is 0 Å². The van der Waals surface area contributed by atoms with Gasteiger partial charge in [-0.25, -0.2) is 0 Å². The molecule has 0 saturated heterocycles. The Morgan fingerprint density at radius 3 is 1.44 bits per heavy atom. The molecule has 0 atom stereocenters. The van der Waals surface area contributed by atoms with Gasteiger partial charge in [0.2, 0.25) is 0 Å². The molecule has 0 aliphatic carbocycles. The summed E-state index contributed by atoms with van der Waals surface area (Å²) in [7, 11) is 0. The number of hydrogen-bond donors (Lipinski definition) is 0. The number of aldehydes is 2. The first kappa shape index (κ1) is 16.7. The molecule has 9 heavy (non-hydrogen) atoms. The molecule has 0 aromatic carbocycles. The third-order valence-corrected chi connectivity index (χ3v) is 0.644. The maximum absolute atomic E-state index is 9.56. The number of hydrogen-bond acceptors (Lipinski definition) is 2. The Hall–Kier alpha value is 1.34. The Balaban J connectivity index is -0.000000180. The number of unbranched alkanes of at least 4 members (excludes halogenated alkanes) is 2. The molecule has 0 aromatic rings. The van der Waals surface area contributed by atoms with Gasteiger partial charge < -0.3 is 9.59 Å². The number of rotatable bonds is 4. The van der Waals surface area contributed by atoms with Gasteiger partial charge >= 0.3 is 59.1 Å². The van der Waals surface area contributed by atoms with Gasteiger partial charge in [-0.15, -0.1) is 0 Å². The van der Waals surface area contributed by atoms with Crippen LogP contribution in [0.2, 0.25) is 0 Å². The summed E-state index contributed by atoms with van der Waals surface area (Å²) in [5, 5.41) is 0. The fourth-order valence-corrected chi connectivity index (χ4v) is 0.285. The second kappa shape index (κ2) is 16.2. The molecule has 0 radical (unpaired) electrons. The van der Waals surface area contributed by atoms with Crippen LogP contribution in [0.4, 0.5) is 0 Å². The van der Waals surface area contributed by atoms with Crippen molar-refractivity contribution in [2.24, 2.45) is 0 Å². The molecule has 0 aromatic heterocycles. The Kier molecular flexibility index (Phi) is 30.1. The van der Waals surface area contributed by atoms with Gasteiger partial charge in [0.05, 0.1) is 0 Å². The monoisotopic (exact) mass is 148 g/mol. The molecule has 0 heterocycles. The van der Waals surface area contributed by atoms with E-state index in [2.05, 4.69) is 0 Å². The number of carbonyl (C=O) groups is 2. The van der Waals surface area contributed by atoms with Crippen molar-refractivity contribution in [3.8, 4) is 0 Å². The molecule has 0 fully saturated rings. The topological polar surface area (TPSA) is 34.1 Å². The standard InChI is InChI=1S/C5H8O2.2Na.2H/c6-4-2-1-3-5-7;;;;/h4-5H,1-3H2;;;;. The van der Waals surface area contributed by atoms with Gasteiger partial charge in [0.25, 0.3) is 0 Å². The van der Waals surface area contributed by atoms with Crippen molar-refractivity contribution >= 4 is 71.7 Å². The third-order valence-electron chi connectivity index (χ3n) is 0.644. The number of carbonyl (C=O) groups excluding carboxylic acids is 2. The van der Waals surface area contributed by atoms with Gasteiger partial charge in [-0.3, -0.25) is 0 Å². The van der Waals surface area contributed by atoms with Gasteiger partial charge in [0.15, 0.2) is 0 Å². The first-order valence-corrected chi connectivity index (χ1v) is 2.29. The summed E-state index contributed by atoms with van der Waals surface area (Å²) in [6.07, 6.45) is 3.37. The predicted octanol–water partition coefficient (Wildman–Crippen LogP) is -0.743. The summed E-state index contributed by atoms with van der Waals surface area (Å²) in [5.74, 6) is 0. The average molecular weight is 148 g/mol. The van der Waals surface area contributed by atoms with E-state index in [1.807, 2.05) is 0 Å². The fraction of sp³-hybridized carbons (Fsp3) is 0.600. The van der Waals surface area contributed by atoms with E-state index in [9.17, 15) is 9.59 Å². The van der Waals surface area contributed by atoms with Crippen molar-refractivity contribution in [3.63, 3.8) is 0 Å². The first-order chi connectivity index (χ1) is 3.41. The minimum atomic E-state index is 0. The van der Waals surface area contributed by atoms with Gasteiger partial charge in [-0.2, -0.15) is 0 Å². The van der Waals surface area contributed by atoms with Crippen LogP contribution in [-0.4, -0.2) is 71.7 Å². The summed E-state index contributed by atoms with van der Waals surface area (Å²) >= 11 is 0. The quantitative estimate of drug-likeness (QED) is 0.299. The Morgan fingerprint density at radius 2 is 1.22 bits per heavy atom. The molecule has 0 aliphatic heterocycles. The molecular formula is C5H10Na2O2. The van der Waals surface area contributed by atoms with E-state index >= 15 is 0 Å². The molecule has 0 bridgehead atoms. The zero-order chi connectivity index (χ0) is 5.54. The third kappa shape index (κ3) is 17.6. The second-order valence-electron chi connectivity index (χ2n) is 1.26. The van der Waals surface area contributed by atoms with Gasteiger partial charge in [0, 0.05) is 12.8 Å². The molecule has 2 nitrogen and oxygen atoms in total. The van der Waals surface area contributed by atoms with Crippen LogP contribution in [0.15, 0.2) is 0 Å². The summed E-state index contributed by atoms with van der Waals surface area (Å²) < 4.78 is 0. The summed E-state index contributed by atoms with van der Waals surface area (Å²) in [6, 6.07) is 0. The molecule has 0 saturated carbocycles. The second-order valence-corrected chi connectivity index (χ2v) is 1.26. The SMILES string of the molecule is O=CCCCC=O.[NaH].[NaH]. The van der Waals surface area contributed by atoms with Crippen LogP contribution >= 0.6 is 0 Å². The maximum atomic E-state index is 9.56. The van der Waals surface area contributed by atoms with Gasteiger partial charge in [0.1, 0.15) is 12.6 Å². The van der Waals surface area contributed by atoms with Crippen LogP contribution < -0.4 is 0 Å². The fourth-order valence-electron chi connectivity index (χ4n) is 0.285. The molecule has 4 heteroatoms. The van der Waals surface area contributed by atoms with Crippen LogP contribution in [0.1, 0.15) is 19.3 Å². The van der Waals surface area contributed by atoms with Crippen molar-refractivity contribution in [2.75, 3.05) is 0 Å². The molecule has 0 aliphatic rings. The predicted molar refractivity (Wildman–Crippen MR) is 40.3 cm³/mol. The van der Waals surface area contributed by atoms with Crippen LogP contribution in [0.25, 0.3) is 0 Å². The van der Waals surface area contributed by atoms with E-state index in [4.69, 9.17) is 0 Å². The van der Waals surface area contributed by atoms with E-state index in [0.29, 0.717) is 19.3 Å². The summed E-state index contributed by atoms with van der Waals surface area (Å²) in [5.41, 5.74) is 0. The Bertz CT molecular complexity index is 58.0.